The monoisotopic (exact) mass is 399 g/mol. The molecule has 4 rings (SSSR count). The third kappa shape index (κ3) is 3.38. The number of rotatable bonds is 5. The molecule has 2 heterocycles. The lowest BCUT2D eigenvalue weighted by atomic mass is 10.2. The van der Waals surface area contributed by atoms with Gasteiger partial charge in [0.2, 0.25) is 10.0 Å². The molecule has 1 fully saturated rings. The molecule has 1 amide bonds. The van der Waals surface area contributed by atoms with Crippen molar-refractivity contribution in [3.63, 3.8) is 0 Å². The fourth-order valence-electron chi connectivity index (χ4n) is 3.36. The predicted octanol–water partition coefficient (Wildman–Crippen LogP) is 2.49. The van der Waals surface area contributed by atoms with Crippen LogP contribution in [0.4, 0.5) is 5.69 Å². The molecule has 0 unspecified atom stereocenters. The zero-order chi connectivity index (χ0) is 19.7. The quantitative estimate of drug-likeness (QED) is 0.711. The van der Waals surface area contributed by atoms with Crippen LogP contribution in [0.1, 0.15) is 30.1 Å². The molecule has 1 aliphatic rings. The number of fused-ring (bicyclic) bond motifs is 1. The summed E-state index contributed by atoms with van der Waals surface area (Å²) < 4.78 is 28.7. The molecule has 28 heavy (non-hydrogen) atoms. The van der Waals surface area contributed by atoms with Crippen molar-refractivity contribution in [2.45, 2.75) is 31.2 Å². The average molecular weight is 399 g/mol. The normalized spacial score (nSPS) is 15.2. The van der Waals surface area contributed by atoms with E-state index in [2.05, 4.69) is 15.6 Å². The van der Waals surface area contributed by atoms with Crippen molar-refractivity contribution < 1.29 is 13.2 Å². The highest BCUT2D eigenvalue weighted by Crippen LogP contribution is 2.23. The summed E-state index contributed by atoms with van der Waals surface area (Å²) in [6, 6.07) is 11.5. The number of aryl methyl sites for hydroxylation is 1. The standard InChI is InChI=1S/C19H21N5O3S/c1-2-24-18-9-8-14(12-17(18)21-22-24)19(25)20-15-6-5-7-16(13-15)28(26,27)23-10-3-4-11-23/h5-9,12-13H,2-4,10-11H2,1H3,(H,20,25). The number of anilines is 1. The van der Waals surface area contributed by atoms with E-state index >= 15 is 0 Å². The molecule has 8 nitrogen and oxygen atoms in total. The van der Waals surface area contributed by atoms with Gasteiger partial charge in [0.1, 0.15) is 5.52 Å². The number of sulfonamides is 1. The minimum Gasteiger partial charge on any atom is -0.322 e. The van der Waals surface area contributed by atoms with Crippen LogP contribution >= 0.6 is 0 Å². The summed E-state index contributed by atoms with van der Waals surface area (Å²) in [5.74, 6) is -0.330. The summed E-state index contributed by atoms with van der Waals surface area (Å²) >= 11 is 0. The first-order valence-corrected chi connectivity index (χ1v) is 10.7. The Labute approximate surface area is 163 Å². The topological polar surface area (TPSA) is 97.2 Å². The van der Waals surface area contributed by atoms with Gasteiger partial charge in [-0.2, -0.15) is 4.31 Å². The van der Waals surface area contributed by atoms with Gasteiger partial charge in [-0.05, 0) is 56.2 Å². The minimum absolute atomic E-state index is 0.188. The van der Waals surface area contributed by atoms with Gasteiger partial charge in [0, 0.05) is 30.9 Å². The third-order valence-corrected chi connectivity index (χ3v) is 6.76. The second kappa shape index (κ2) is 7.33. The van der Waals surface area contributed by atoms with E-state index in [1.807, 2.05) is 13.0 Å². The molecule has 0 radical (unpaired) electrons. The number of amides is 1. The first kappa shape index (κ1) is 18.6. The van der Waals surface area contributed by atoms with Crippen molar-refractivity contribution in [3.05, 3.63) is 48.0 Å². The molecule has 9 heteroatoms. The maximum atomic E-state index is 12.7. The van der Waals surface area contributed by atoms with Gasteiger partial charge in [-0.3, -0.25) is 4.79 Å². The molecule has 0 aliphatic carbocycles. The van der Waals surface area contributed by atoms with Gasteiger partial charge >= 0.3 is 0 Å². The lowest BCUT2D eigenvalue weighted by Gasteiger charge is -2.16. The van der Waals surface area contributed by atoms with Crippen LogP contribution in [-0.2, 0) is 16.6 Å². The van der Waals surface area contributed by atoms with Crippen molar-refractivity contribution >= 4 is 32.7 Å². The second-order valence-electron chi connectivity index (χ2n) is 6.70. The summed E-state index contributed by atoms with van der Waals surface area (Å²) in [7, 11) is -3.53. The number of hydrogen-bond donors (Lipinski definition) is 1. The van der Waals surface area contributed by atoms with E-state index < -0.39 is 10.0 Å². The molecular formula is C19H21N5O3S. The van der Waals surface area contributed by atoms with Gasteiger partial charge < -0.3 is 5.32 Å². The van der Waals surface area contributed by atoms with Crippen molar-refractivity contribution in [3.8, 4) is 0 Å². The zero-order valence-corrected chi connectivity index (χ0v) is 16.3. The van der Waals surface area contributed by atoms with Gasteiger partial charge in [-0.25, -0.2) is 13.1 Å². The summed E-state index contributed by atoms with van der Waals surface area (Å²) in [5.41, 5.74) is 2.36. The van der Waals surface area contributed by atoms with Crippen LogP contribution in [0.25, 0.3) is 11.0 Å². The second-order valence-corrected chi connectivity index (χ2v) is 8.64. The van der Waals surface area contributed by atoms with Crippen molar-refractivity contribution in [2.75, 3.05) is 18.4 Å². The van der Waals surface area contributed by atoms with Crippen molar-refractivity contribution in [2.24, 2.45) is 0 Å². The number of carbonyl (C=O) groups excluding carboxylic acids is 1. The van der Waals surface area contributed by atoms with Gasteiger partial charge in [0.15, 0.2) is 0 Å². The van der Waals surface area contributed by atoms with E-state index in [1.165, 1.54) is 10.4 Å². The SMILES string of the molecule is CCn1nnc2cc(C(=O)Nc3cccc(S(=O)(=O)N4CCCC4)c3)ccc21. The van der Waals surface area contributed by atoms with Crippen LogP contribution in [0, 0.1) is 0 Å². The molecule has 0 bridgehead atoms. The van der Waals surface area contributed by atoms with Crippen LogP contribution in [0.3, 0.4) is 0 Å². The highest BCUT2D eigenvalue weighted by Gasteiger charge is 2.27. The van der Waals surface area contributed by atoms with E-state index in [-0.39, 0.29) is 10.8 Å². The van der Waals surface area contributed by atoms with Gasteiger partial charge in [-0.15, -0.1) is 5.10 Å². The largest absolute Gasteiger partial charge is 0.322 e. The summed E-state index contributed by atoms with van der Waals surface area (Å²) in [5, 5.41) is 10.9. The Bertz CT molecular complexity index is 1130. The molecule has 0 spiro atoms. The Morgan fingerprint density at radius 1 is 1.14 bits per heavy atom. The minimum atomic E-state index is -3.53. The van der Waals surface area contributed by atoms with Crippen LogP contribution in [0.5, 0.6) is 0 Å². The molecule has 1 aliphatic heterocycles. The fourth-order valence-corrected chi connectivity index (χ4v) is 4.93. The van der Waals surface area contributed by atoms with E-state index in [4.69, 9.17) is 0 Å². The molecule has 2 aromatic carbocycles. The van der Waals surface area contributed by atoms with Crippen LogP contribution < -0.4 is 5.32 Å². The molecule has 1 N–H and O–H groups in total. The van der Waals surface area contributed by atoms with Crippen LogP contribution in [0.15, 0.2) is 47.4 Å². The molecule has 0 atom stereocenters. The smallest absolute Gasteiger partial charge is 0.255 e. The van der Waals surface area contributed by atoms with Crippen LogP contribution in [-0.4, -0.2) is 46.7 Å². The van der Waals surface area contributed by atoms with E-state index in [1.54, 1.807) is 35.0 Å². The Morgan fingerprint density at radius 3 is 2.68 bits per heavy atom. The van der Waals surface area contributed by atoms with E-state index in [9.17, 15) is 13.2 Å². The Kier molecular flexibility index (Phi) is 4.86. The lowest BCUT2D eigenvalue weighted by molar-refractivity contribution is 0.102. The number of hydrogen-bond acceptors (Lipinski definition) is 5. The average Bonchev–Trinajstić information content (AvgIpc) is 3.37. The van der Waals surface area contributed by atoms with Gasteiger partial charge in [0.25, 0.3) is 5.91 Å². The lowest BCUT2D eigenvalue weighted by Crippen LogP contribution is -2.27. The molecule has 1 saturated heterocycles. The number of nitrogens with zero attached hydrogens (tertiary/aromatic N) is 4. The maximum absolute atomic E-state index is 12.7. The first-order valence-electron chi connectivity index (χ1n) is 9.24. The van der Waals surface area contributed by atoms with Crippen molar-refractivity contribution in [1.29, 1.82) is 0 Å². The Morgan fingerprint density at radius 2 is 1.93 bits per heavy atom. The number of benzene rings is 2. The van der Waals surface area contributed by atoms with Gasteiger partial charge in [0.05, 0.1) is 10.4 Å². The molecule has 3 aromatic rings. The number of carbonyl (C=O) groups is 1. The predicted molar refractivity (Wildman–Crippen MR) is 106 cm³/mol. The molecule has 146 valence electrons. The highest BCUT2D eigenvalue weighted by molar-refractivity contribution is 7.89. The van der Waals surface area contributed by atoms with Gasteiger partial charge in [-0.1, -0.05) is 11.3 Å². The van der Waals surface area contributed by atoms with E-state index in [0.717, 1.165) is 18.4 Å². The molecule has 1 aromatic heterocycles. The first-order chi connectivity index (χ1) is 13.5. The maximum Gasteiger partial charge on any atom is 0.255 e. The number of nitrogens with one attached hydrogen (secondary N) is 1. The third-order valence-electron chi connectivity index (χ3n) is 4.87. The summed E-state index contributed by atoms with van der Waals surface area (Å²) in [6.45, 7) is 3.74. The van der Waals surface area contributed by atoms with Crippen molar-refractivity contribution in [1.82, 2.24) is 19.3 Å². The fraction of sp³-hybridized carbons (Fsp3) is 0.316. The molecule has 0 saturated carbocycles. The summed E-state index contributed by atoms with van der Waals surface area (Å²) in [6.07, 6.45) is 1.75. The number of aromatic nitrogens is 3. The zero-order valence-electron chi connectivity index (χ0n) is 15.5. The Hall–Kier alpha value is -2.78. The Balaban J connectivity index is 1.56. The summed E-state index contributed by atoms with van der Waals surface area (Å²) in [4.78, 5) is 12.8. The van der Waals surface area contributed by atoms with Crippen LogP contribution in [0.2, 0.25) is 0 Å². The highest BCUT2D eigenvalue weighted by atomic mass is 32.2. The van der Waals surface area contributed by atoms with E-state index in [0.29, 0.717) is 36.4 Å². The molecular weight excluding hydrogens is 378 g/mol.